The van der Waals surface area contributed by atoms with Crippen molar-refractivity contribution in [2.75, 3.05) is 19.4 Å². The van der Waals surface area contributed by atoms with Crippen LogP contribution >= 0.6 is 0 Å². The summed E-state index contributed by atoms with van der Waals surface area (Å²) in [5, 5.41) is 9.61. The summed E-state index contributed by atoms with van der Waals surface area (Å²) in [6.45, 7) is 0.568. The number of anilines is 1. The smallest absolute Gasteiger partial charge is 0.311 e. The first-order valence-corrected chi connectivity index (χ1v) is 8.80. The van der Waals surface area contributed by atoms with Crippen LogP contribution in [0.4, 0.5) is 5.82 Å². The van der Waals surface area contributed by atoms with Crippen LogP contribution in [0.15, 0.2) is 6.33 Å². The van der Waals surface area contributed by atoms with Crippen molar-refractivity contribution >= 4 is 28.7 Å². The quantitative estimate of drug-likeness (QED) is 0.698. The summed E-state index contributed by atoms with van der Waals surface area (Å²) < 4.78 is 5.00. The highest BCUT2D eigenvalue weighted by atomic mass is 16.5. The molecule has 2 bridgehead atoms. The van der Waals surface area contributed by atoms with E-state index >= 15 is 0 Å². The van der Waals surface area contributed by atoms with Gasteiger partial charge in [0, 0.05) is 6.54 Å². The minimum atomic E-state index is -0.313. The number of amides is 1. The van der Waals surface area contributed by atoms with Crippen molar-refractivity contribution in [1.82, 2.24) is 25.5 Å². The Morgan fingerprint density at radius 2 is 1.92 bits per heavy atom. The van der Waals surface area contributed by atoms with E-state index in [9.17, 15) is 9.59 Å². The second-order valence-electron chi connectivity index (χ2n) is 7.51. The van der Waals surface area contributed by atoms with Gasteiger partial charge in [0.15, 0.2) is 11.5 Å². The number of carbonyl (C=O) groups is 2. The molecule has 9 heteroatoms. The Bertz CT molecular complexity index is 852. The van der Waals surface area contributed by atoms with Gasteiger partial charge in [-0.2, -0.15) is 5.10 Å². The van der Waals surface area contributed by atoms with E-state index in [1.807, 2.05) is 0 Å². The van der Waals surface area contributed by atoms with Crippen molar-refractivity contribution in [3.8, 4) is 0 Å². The lowest BCUT2D eigenvalue weighted by Crippen LogP contribution is -2.50. The molecule has 3 aliphatic carbocycles. The molecule has 138 valence electrons. The van der Waals surface area contributed by atoms with Gasteiger partial charge in [-0.3, -0.25) is 14.7 Å². The summed E-state index contributed by atoms with van der Waals surface area (Å²) >= 11 is 0. The number of esters is 1. The van der Waals surface area contributed by atoms with Crippen LogP contribution in [0.25, 0.3) is 11.0 Å². The normalized spacial score (nSPS) is 27.4. The number of hydrogen-bond donors (Lipinski definition) is 3. The third kappa shape index (κ3) is 2.49. The molecule has 3 fully saturated rings. The zero-order chi connectivity index (χ0) is 18.4. The summed E-state index contributed by atoms with van der Waals surface area (Å²) in [6, 6.07) is 0. The number of aromatic amines is 1. The molecule has 0 unspecified atom stereocenters. The van der Waals surface area contributed by atoms with Gasteiger partial charge in [0.1, 0.15) is 17.4 Å². The highest BCUT2D eigenvalue weighted by Crippen LogP contribution is 2.57. The van der Waals surface area contributed by atoms with Crippen molar-refractivity contribution in [3.05, 3.63) is 12.0 Å². The van der Waals surface area contributed by atoms with Crippen LogP contribution in [-0.4, -0.2) is 45.7 Å². The average Bonchev–Trinajstić information content (AvgIpc) is 3.08. The molecular weight excluding hydrogens is 336 g/mol. The maximum atomic E-state index is 12.6. The van der Waals surface area contributed by atoms with E-state index in [0.29, 0.717) is 17.6 Å². The van der Waals surface area contributed by atoms with Gasteiger partial charge in [0.05, 0.1) is 12.5 Å². The standard InChI is InChI=1S/C17H22N6O3/c1-26-15(25)17-5-2-16(3-6-17,4-7-17)8-19-14(24)12-10-11(20-9-21-12)13(18)23-22-10/h9H,2-8H2,1H3,(H,19,24)(H3,18,22,23). The minimum Gasteiger partial charge on any atom is -0.469 e. The Morgan fingerprint density at radius 1 is 1.23 bits per heavy atom. The van der Waals surface area contributed by atoms with Crippen molar-refractivity contribution in [1.29, 1.82) is 0 Å². The zero-order valence-electron chi connectivity index (χ0n) is 14.7. The fraction of sp³-hybridized carbons (Fsp3) is 0.588. The molecule has 0 radical (unpaired) electrons. The number of nitrogen functional groups attached to an aromatic ring is 1. The predicted molar refractivity (Wildman–Crippen MR) is 93.0 cm³/mol. The van der Waals surface area contributed by atoms with Crippen molar-refractivity contribution in [2.45, 2.75) is 38.5 Å². The molecule has 2 aromatic heterocycles. The monoisotopic (exact) mass is 358 g/mol. The number of nitrogens with two attached hydrogens (primary N) is 1. The van der Waals surface area contributed by atoms with Gasteiger partial charge < -0.3 is 15.8 Å². The predicted octanol–water partition coefficient (Wildman–Crippen LogP) is 1.18. The first kappa shape index (κ1) is 16.7. The highest BCUT2D eigenvalue weighted by molar-refractivity contribution is 6.04. The van der Waals surface area contributed by atoms with E-state index in [1.54, 1.807) is 0 Å². The van der Waals surface area contributed by atoms with Gasteiger partial charge in [0.2, 0.25) is 0 Å². The van der Waals surface area contributed by atoms with Crippen molar-refractivity contribution in [3.63, 3.8) is 0 Å². The fourth-order valence-electron chi connectivity index (χ4n) is 4.43. The minimum absolute atomic E-state index is 0.0462. The Hall–Kier alpha value is -2.71. The molecule has 0 spiro atoms. The summed E-state index contributed by atoms with van der Waals surface area (Å²) in [4.78, 5) is 32.9. The molecule has 3 aliphatic rings. The number of nitrogens with zero attached hydrogens (tertiary/aromatic N) is 3. The number of rotatable bonds is 4. The lowest BCUT2D eigenvalue weighted by molar-refractivity contribution is -0.162. The Balaban J connectivity index is 1.45. The summed E-state index contributed by atoms with van der Waals surface area (Å²) in [7, 11) is 1.46. The number of nitrogens with one attached hydrogen (secondary N) is 2. The molecule has 26 heavy (non-hydrogen) atoms. The number of ether oxygens (including phenoxy) is 1. The molecule has 0 aliphatic heterocycles. The Morgan fingerprint density at radius 3 is 2.58 bits per heavy atom. The molecule has 9 nitrogen and oxygen atoms in total. The van der Waals surface area contributed by atoms with Crippen molar-refractivity contribution in [2.24, 2.45) is 10.8 Å². The number of hydrogen-bond acceptors (Lipinski definition) is 7. The van der Waals surface area contributed by atoms with Gasteiger partial charge in [-0.05, 0) is 43.9 Å². The van der Waals surface area contributed by atoms with Crippen LogP contribution in [0.1, 0.15) is 49.0 Å². The molecule has 0 atom stereocenters. The zero-order valence-corrected chi connectivity index (χ0v) is 14.7. The SMILES string of the molecule is COC(=O)C12CCC(CNC(=O)c3ncnc4c(N)n[nH]c34)(CC1)CC2. The molecule has 5 rings (SSSR count). The summed E-state index contributed by atoms with van der Waals surface area (Å²) in [5.41, 5.74) is 6.59. The van der Waals surface area contributed by atoms with Crippen LogP contribution in [0, 0.1) is 10.8 Å². The van der Waals surface area contributed by atoms with Crippen LogP contribution in [0.2, 0.25) is 0 Å². The van der Waals surface area contributed by atoms with Gasteiger partial charge in [-0.15, -0.1) is 0 Å². The molecule has 2 aromatic rings. The molecule has 4 N–H and O–H groups in total. The topological polar surface area (TPSA) is 136 Å². The van der Waals surface area contributed by atoms with E-state index in [2.05, 4.69) is 25.5 Å². The summed E-state index contributed by atoms with van der Waals surface area (Å²) in [5.74, 6) is -0.116. The lowest BCUT2D eigenvalue weighted by Gasteiger charge is -2.51. The Labute approximate surface area is 150 Å². The third-order valence-corrected chi connectivity index (χ3v) is 6.24. The van der Waals surface area contributed by atoms with Crippen LogP contribution in [-0.2, 0) is 9.53 Å². The second-order valence-corrected chi connectivity index (χ2v) is 7.51. The first-order chi connectivity index (χ1) is 12.5. The molecule has 0 aromatic carbocycles. The van der Waals surface area contributed by atoms with E-state index in [0.717, 1.165) is 38.5 Å². The number of carbonyl (C=O) groups excluding carboxylic acids is 2. The maximum absolute atomic E-state index is 12.6. The first-order valence-electron chi connectivity index (χ1n) is 8.80. The van der Waals surface area contributed by atoms with E-state index in [1.165, 1.54) is 13.4 Å². The van der Waals surface area contributed by atoms with Crippen LogP contribution in [0.3, 0.4) is 0 Å². The number of fused-ring (bicyclic) bond motifs is 4. The van der Waals surface area contributed by atoms with Crippen LogP contribution < -0.4 is 11.1 Å². The number of aromatic nitrogens is 4. The van der Waals surface area contributed by atoms with E-state index in [-0.39, 0.29) is 34.2 Å². The maximum Gasteiger partial charge on any atom is 0.311 e. The molecular formula is C17H22N6O3. The van der Waals surface area contributed by atoms with Gasteiger partial charge >= 0.3 is 5.97 Å². The van der Waals surface area contributed by atoms with Crippen LogP contribution in [0.5, 0.6) is 0 Å². The van der Waals surface area contributed by atoms with Crippen molar-refractivity contribution < 1.29 is 14.3 Å². The second kappa shape index (κ2) is 5.93. The molecule has 1 amide bonds. The largest absolute Gasteiger partial charge is 0.469 e. The van der Waals surface area contributed by atoms with Gasteiger partial charge in [0.25, 0.3) is 5.91 Å². The van der Waals surface area contributed by atoms with E-state index in [4.69, 9.17) is 10.5 Å². The molecule has 0 saturated heterocycles. The van der Waals surface area contributed by atoms with Gasteiger partial charge in [-0.25, -0.2) is 9.97 Å². The van der Waals surface area contributed by atoms with E-state index < -0.39 is 0 Å². The van der Waals surface area contributed by atoms with Gasteiger partial charge in [-0.1, -0.05) is 0 Å². The Kier molecular flexibility index (Phi) is 3.82. The molecule has 3 saturated carbocycles. The third-order valence-electron chi connectivity index (χ3n) is 6.24. The number of methoxy groups -OCH3 is 1. The highest BCUT2D eigenvalue weighted by Gasteiger charge is 2.53. The summed E-state index contributed by atoms with van der Waals surface area (Å²) in [6.07, 6.45) is 6.53. The average molecular weight is 358 g/mol. The fourth-order valence-corrected chi connectivity index (χ4v) is 4.43. The lowest BCUT2D eigenvalue weighted by atomic mass is 9.53. The molecule has 2 heterocycles. The number of H-pyrrole nitrogens is 1.